The Morgan fingerprint density at radius 3 is 2.92 bits per heavy atom. The standard InChI is InChI=1S/C10H12ClN/c1-7-2-3-10(11)8-4-5-12-6-9(7)8/h2-3,12H,4-6H2,1H3. The Morgan fingerprint density at radius 2 is 2.17 bits per heavy atom. The molecule has 1 nitrogen and oxygen atoms in total. The summed E-state index contributed by atoms with van der Waals surface area (Å²) in [4.78, 5) is 0. The fourth-order valence-electron chi connectivity index (χ4n) is 1.72. The molecular formula is C10H12ClN. The van der Waals surface area contributed by atoms with Gasteiger partial charge in [0.15, 0.2) is 0 Å². The number of nitrogens with one attached hydrogen (secondary N) is 1. The summed E-state index contributed by atoms with van der Waals surface area (Å²) in [6, 6.07) is 4.09. The first-order valence-corrected chi connectivity index (χ1v) is 4.64. The van der Waals surface area contributed by atoms with Crippen molar-refractivity contribution >= 4 is 11.6 Å². The van der Waals surface area contributed by atoms with Crippen LogP contribution in [0.5, 0.6) is 0 Å². The Balaban J connectivity index is 2.57. The highest BCUT2D eigenvalue weighted by Gasteiger charge is 2.13. The Kier molecular flexibility index (Phi) is 2.07. The van der Waals surface area contributed by atoms with Gasteiger partial charge in [-0.1, -0.05) is 17.7 Å². The summed E-state index contributed by atoms with van der Waals surface area (Å²) in [5.41, 5.74) is 4.09. The van der Waals surface area contributed by atoms with E-state index in [0.29, 0.717) is 0 Å². The molecular weight excluding hydrogens is 170 g/mol. The predicted octanol–water partition coefficient (Wildman–Crippen LogP) is 2.29. The van der Waals surface area contributed by atoms with Gasteiger partial charge in [-0.3, -0.25) is 0 Å². The zero-order valence-electron chi connectivity index (χ0n) is 7.15. The van der Waals surface area contributed by atoms with Gasteiger partial charge in [-0.05, 0) is 42.6 Å². The third-order valence-electron chi connectivity index (χ3n) is 2.46. The molecule has 0 atom stereocenters. The van der Waals surface area contributed by atoms with E-state index in [1.165, 1.54) is 16.7 Å². The molecule has 1 heterocycles. The average molecular weight is 182 g/mol. The van der Waals surface area contributed by atoms with Crippen LogP contribution in [0.3, 0.4) is 0 Å². The van der Waals surface area contributed by atoms with Crippen molar-refractivity contribution < 1.29 is 0 Å². The lowest BCUT2D eigenvalue weighted by Gasteiger charge is -2.20. The van der Waals surface area contributed by atoms with Gasteiger partial charge < -0.3 is 5.32 Å². The van der Waals surface area contributed by atoms with Crippen molar-refractivity contribution in [3.8, 4) is 0 Å². The van der Waals surface area contributed by atoms with Crippen LogP contribution in [-0.2, 0) is 13.0 Å². The molecule has 0 fully saturated rings. The highest BCUT2D eigenvalue weighted by atomic mass is 35.5. The fraction of sp³-hybridized carbons (Fsp3) is 0.400. The highest BCUT2D eigenvalue weighted by Crippen LogP contribution is 2.25. The van der Waals surface area contributed by atoms with Gasteiger partial charge in [-0.15, -0.1) is 0 Å². The first-order valence-electron chi connectivity index (χ1n) is 4.26. The van der Waals surface area contributed by atoms with Crippen LogP contribution in [0.15, 0.2) is 12.1 Å². The van der Waals surface area contributed by atoms with Crippen molar-refractivity contribution in [1.29, 1.82) is 0 Å². The largest absolute Gasteiger partial charge is 0.312 e. The van der Waals surface area contributed by atoms with Crippen LogP contribution in [0.1, 0.15) is 16.7 Å². The quantitative estimate of drug-likeness (QED) is 0.648. The van der Waals surface area contributed by atoms with E-state index >= 15 is 0 Å². The second kappa shape index (κ2) is 3.08. The number of halogens is 1. The van der Waals surface area contributed by atoms with E-state index in [1.54, 1.807) is 0 Å². The molecule has 0 aromatic heterocycles. The van der Waals surface area contributed by atoms with E-state index in [1.807, 2.05) is 6.07 Å². The molecule has 12 heavy (non-hydrogen) atoms. The minimum Gasteiger partial charge on any atom is -0.312 e. The van der Waals surface area contributed by atoms with E-state index in [0.717, 1.165) is 24.5 Å². The van der Waals surface area contributed by atoms with Crippen molar-refractivity contribution in [3.05, 3.63) is 33.8 Å². The number of rotatable bonds is 0. The summed E-state index contributed by atoms with van der Waals surface area (Å²) < 4.78 is 0. The molecule has 0 spiro atoms. The van der Waals surface area contributed by atoms with Crippen LogP contribution in [0.25, 0.3) is 0 Å². The summed E-state index contributed by atoms with van der Waals surface area (Å²) in [6.45, 7) is 4.17. The van der Waals surface area contributed by atoms with Crippen LogP contribution in [0, 0.1) is 6.92 Å². The predicted molar refractivity (Wildman–Crippen MR) is 51.6 cm³/mol. The minimum absolute atomic E-state index is 0.928. The number of benzene rings is 1. The molecule has 1 aromatic carbocycles. The fourth-order valence-corrected chi connectivity index (χ4v) is 2.00. The normalized spacial score (nSPS) is 15.8. The van der Waals surface area contributed by atoms with Gasteiger partial charge in [0.2, 0.25) is 0 Å². The zero-order chi connectivity index (χ0) is 8.55. The van der Waals surface area contributed by atoms with Crippen LogP contribution >= 0.6 is 11.6 Å². The first kappa shape index (κ1) is 8.09. The van der Waals surface area contributed by atoms with E-state index in [4.69, 9.17) is 11.6 Å². The van der Waals surface area contributed by atoms with Crippen molar-refractivity contribution in [2.75, 3.05) is 6.54 Å². The van der Waals surface area contributed by atoms with Gasteiger partial charge in [0, 0.05) is 11.6 Å². The lowest BCUT2D eigenvalue weighted by molar-refractivity contribution is 0.640. The lowest BCUT2D eigenvalue weighted by Crippen LogP contribution is -2.24. The Labute approximate surface area is 77.7 Å². The molecule has 1 aliphatic heterocycles. The first-order chi connectivity index (χ1) is 5.79. The molecule has 0 bridgehead atoms. The van der Waals surface area contributed by atoms with Crippen molar-refractivity contribution in [2.45, 2.75) is 19.9 Å². The van der Waals surface area contributed by atoms with E-state index in [9.17, 15) is 0 Å². The number of hydrogen-bond acceptors (Lipinski definition) is 1. The van der Waals surface area contributed by atoms with Gasteiger partial charge >= 0.3 is 0 Å². The second-order valence-corrected chi connectivity index (χ2v) is 3.66. The molecule has 0 radical (unpaired) electrons. The smallest absolute Gasteiger partial charge is 0.0441 e. The van der Waals surface area contributed by atoms with Crippen LogP contribution in [-0.4, -0.2) is 6.54 Å². The third-order valence-corrected chi connectivity index (χ3v) is 2.82. The summed E-state index contributed by atoms with van der Waals surface area (Å²) in [5.74, 6) is 0. The number of fused-ring (bicyclic) bond motifs is 1. The van der Waals surface area contributed by atoms with Crippen molar-refractivity contribution in [2.24, 2.45) is 0 Å². The Bertz CT molecular complexity index is 276. The van der Waals surface area contributed by atoms with Gasteiger partial charge in [0.25, 0.3) is 0 Å². The maximum Gasteiger partial charge on any atom is 0.0441 e. The molecule has 64 valence electrons. The minimum atomic E-state index is 0.928. The maximum atomic E-state index is 6.09. The molecule has 1 aromatic rings. The topological polar surface area (TPSA) is 12.0 Å². The molecule has 0 amide bonds. The number of hydrogen-bond donors (Lipinski definition) is 1. The van der Waals surface area contributed by atoms with Gasteiger partial charge in [0.05, 0.1) is 0 Å². The SMILES string of the molecule is Cc1ccc(Cl)c2c1CNCC2. The molecule has 0 saturated heterocycles. The summed E-state index contributed by atoms with van der Waals surface area (Å²) in [5, 5.41) is 4.28. The molecule has 1 aliphatic rings. The summed E-state index contributed by atoms with van der Waals surface area (Å²) in [7, 11) is 0. The van der Waals surface area contributed by atoms with Crippen LogP contribution in [0.2, 0.25) is 5.02 Å². The highest BCUT2D eigenvalue weighted by molar-refractivity contribution is 6.31. The Hall–Kier alpha value is -0.530. The molecule has 0 unspecified atom stereocenters. The molecule has 0 aliphatic carbocycles. The monoisotopic (exact) mass is 181 g/mol. The summed E-state index contributed by atoms with van der Waals surface area (Å²) >= 11 is 6.09. The second-order valence-electron chi connectivity index (χ2n) is 3.25. The molecule has 1 N–H and O–H groups in total. The van der Waals surface area contributed by atoms with E-state index < -0.39 is 0 Å². The van der Waals surface area contributed by atoms with Gasteiger partial charge in [-0.25, -0.2) is 0 Å². The molecule has 0 saturated carbocycles. The summed E-state index contributed by atoms with van der Waals surface area (Å²) in [6.07, 6.45) is 1.07. The van der Waals surface area contributed by atoms with E-state index in [2.05, 4.69) is 18.3 Å². The molecule has 2 heteroatoms. The maximum absolute atomic E-state index is 6.09. The van der Waals surface area contributed by atoms with Crippen molar-refractivity contribution in [1.82, 2.24) is 5.32 Å². The average Bonchev–Trinajstić information content (AvgIpc) is 2.12. The van der Waals surface area contributed by atoms with Crippen LogP contribution in [0.4, 0.5) is 0 Å². The van der Waals surface area contributed by atoms with E-state index in [-0.39, 0.29) is 0 Å². The number of aryl methyl sites for hydroxylation is 1. The zero-order valence-corrected chi connectivity index (χ0v) is 7.91. The Morgan fingerprint density at radius 1 is 1.33 bits per heavy atom. The molecule has 2 rings (SSSR count). The van der Waals surface area contributed by atoms with Crippen molar-refractivity contribution in [3.63, 3.8) is 0 Å². The lowest BCUT2D eigenvalue weighted by atomic mass is 9.97. The van der Waals surface area contributed by atoms with Gasteiger partial charge in [-0.2, -0.15) is 0 Å². The van der Waals surface area contributed by atoms with Crippen LogP contribution < -0.4 is 5.32 Å². The third kappa shape index (κ3) is 1.23. The van der Waals surface area contributed by atoms with Gasteiger partial charge in [0.1, 0.15) is 0 Å².